The van der Waals surface area contributed by atoms with Crippen LogP contribution in [0.5, 0.6) is 0 Å². The summed E-state index contributed by atoms with van der Waals surface area (Å²) in [5.41, 5.74) is 0.288. The van der Waals surface area contributed by atoms with Gasteiger partial charge < -0.3 is 4.90 Å². The van der Waals surface area contributed by atoms with Crippen molar-refractivity contribution < 1.29 is 18.0 Å². The largest absolute Gasteiger partial charge is 0.416 e. The van der Waals surface area contributed by atoms with Gasteiger partial charge in [0.25, 0.3) is 5.91 Å². The van der Waals surface area contributed by atoms with Gasteiger partial charge in [0.05, 0.1) is 5.56 Å². The molecule has 3 nitrogen and oxygen atoms in total. The summed E-state index contributed by atoms with van der Waals surface area (Å²) < 4.78 is 40.1. The van der Waals surface area contributed by atoms with Crippen LogP contribution >= 0.6 is 0 Å². The molecular formula is C17H19F3N2O. The molecule has 2 aliphatic heterocycles. The Morgan fingerprint density at radius 1 is 1.26 bits per heavy atom. The fourth-order valence-corrected chi connectivity index (χ4v) is 4.01. The van der Waals surface area contributed by atoms with E-state index in [1.807, 2.05) is 0 Å². The molecule has 0 N–H and O–H groups in total. The Balaban J connectivity index is 1.66. The van der Waals surface area contributed by atoms with Gasteiger partial charge in [0, 0.05) is 32.2 Å². The Morgan fingerprint density at radius 2 is 2.04 bits per heavy atom. The maximum atomic E-state index is 13.4. The van der Waals surface area contributed by atoms with Gasteiger partial charge in [-0.2, -0.15) is 13.2 Å². The zero-order valence-electron chi connectivity index (χ0n) is 13.0. The number of fused-ring (bicyclic) bond motifs is 2. The number of amides is 1. The van der Waals surface area contributed by atoms with Crippen LogP contribution in [0.1, 0.15) is 39.9 Å². The minimum Gasteiger partial charge on any atom is -0.337 e. The number of hydrogen-bond acceptors (Lipinski definition) is 2. The molecule has 2 atom stereocenters. The quantitative estimate of drug-likeness (QED) is 0.834. The van der Waals surface area contributed by atoms with E-state index in [0.717, 1.165) is 31.3 Å². The topological polar surface area (TPSA) is 23.6 Å². The SMILES string of the molecule is CN1Cc2c(cc(CN3CCC4CC4C3)cc2C(F)(F)F)C1=O. The first-order chi connectivity index (χ1) is 10.8. The van der Waals surface area contributed by atoms with Crippen molar-refractivity contribution in [1.82, 2.24) is 9.80 Å². The normalized spacial score (nSPS) is 27.1. The van der Waals surface area contributed by atoms with Crippen LogP contribution in [0.3, 0.4) is 0 Å². The highest BCUT2D eigenvalue weighted by Crippen LogP contribution is 2.45. The molecule has 1 aromatic rings. The minimum atomic E-state index is -4.42. The molecule has 2 fully saturated rings. The van der Waals surface area contributed by atoms with Crippen LogP contribution < -0.4 is 0 Å². The third kappa shape index (κ3) is 2.63. The van der Waals surface area contributed by atoms with E-state index in [0.29, 0.717) is 12.1 Å². The average molecular weight is 324 g/mol. The van der Waals surface area contributed by atoms with Gasteiger partial charge in [-0.15, -0.1) is 0 Å². The fourth-order valence-electron chi connectivity index (χ4n) is 4.01. The lowest BCUT2D eigenvalue weighted by atomic mass is 9.98. The molecular weight excluding hydrogens is 305 g/mol. The highest BCUT2D eigenvalue weighted by Gasteiger charge is 2.42. The van der Waals surface area contributed by atoms with Gasteiger partial charge in [0.1, 0.15) is 0 Å². The number of halogens is 3. The predicted molar refractivity (Wildman–Crippen MR) is 78.7 cm³/mol. The third-order valence-electron chi connectivity index (χ3n) is 5.37. The first kappa shape index (κ1) is 15.0. The van der Waals surface area contributed by atoms with Crippen molar-refractivity contribution in [2.45, 2.75) is 32.1 Å². The summed E-state index contributed by atoms with van der Waals surface area (Å²) >= 11 is 0. The second kappa shape index (κ2) is 4.97. The van der Waals surface area contributed by atoms with Gasteiger partial charge in [-0.1, -0.05) is 0 Å². The van der Waals surface area contributed by atoms with E-state index in [1.165, 1.54) is 17.4 Å². The van der Waals surface area contributed by atoms with Crippen molar-refractivity contribution in [3.63, 3.8) is 0 Å². The maximum absolute atomic E-state index is 13.4. The summed E-state index contributed by atoms with van der Waals surface area (Å²) in [5, 5.41) is 0. The fraction of sp³-hybridized carbons (Fsp3) is 0.588. The standard InChI is InChI=1S/C17H19F3N2O/c1-21-9-14-13(16(21)23)4-10(5-15(14)17(18,19)20)7-22-3-2-11-6-12(11)8-22/h4-5,11-12H,2-3,6-9H2,1H3. The van der Waals surface area contributed by atoms with Crippen molar-refractivity contribution in [2.24, 2.45) is 11.8 Å². The summed E-state index contributed by atoms with van der Waals surface area (Å²) in [4.78, 5) is 15.7. The predicted octanol–water partition coefficient (Wildman–Crippen LogP) is 3.13. The molecule has 4 rings (SSSR count). The molecule has 1 aromatic carbocycles. The number of benzene rings is 1. The lowest BCUT2D eigenvalue weighted by molar-refractivity contribution is -0.138. The Hall–Kier alpha value is -1.56. The Labute approximate surface area is 133 Å². The van der Waals surface area contributed by atoms with Crippen LogP contribution in [0.15, 0.2) is 12.1 Å². The summed E-state index contributed by atoms with van der Waals surface area (Å²) in [6.07, 6.45) is -2.02. The zero-order chi connectivity index (χ0) is 16.4. The third-order valence-corrected chi connectivity index (χ3v) is 5.37. The monoisotopic (exact) mass is 324 g/mol. The summed E-state index contributed by atoms with van der Waals surface area (Å²) in [5.74, 6) is 1.26. The lowest BCUT2D eigenvalue weighted by Gasteiger charge is -2.26. The van der Waals surface area contributed by atoms with E-state index in [2.05, 4.69) is 4.90 Å². The van der Waals surface area contributed by atoms with Gasteiger partial charge in [0.2, 0.25) is 0 Å². The zero-order valence-corrected chi connectivity index (χ0v) is 13.0. The van der Waals surface area contributed by atoms with E-state index in [4.69, 9.17) is 0 Å². The Bertz CT molecular complexity index is 671. The average Bonchev–Trinajstić information content (AvgIpc) is 3.19. The molecule has 1 saturated carbocycles. The van der Waals surface area contributed by atoms with Crippen LogP contribution in [0.25, 0.3) is 0 Å². The second-order valence-electron chi connectivity index (χ2n) is 7.11. The number of rotatable bonds is 2. The number of carbonyl (C=O) groups is 1. The molecule has 1 aliphatic carbocycles. The molecule has 0 radical (unpaired) electrons. The Morgan fingerprint density at radius 3 is 2.74 bits per heavy atom. The summed E-state index contributed by atoms with van der Waals surface area (Å²) in [6, 6.07) is 2.90. The van der Waals surface area contributed by atoms with Crippen LogP contribution in [0, 0.1) is 11.8 Å². The molecule has 2 unspecified atom stereocenters. The second-order valence-corrected chi connectivity index (χ2v) is 7.11. The van der Waals surface area contributed by atoms with E-state index < -0.39 is 11.7 Å². The summed E-state index contributed by atoms with van der Waals surface area (Å²) in [6.45, 7) is 2.44. The van der Waals surface area contributed by atoms with Gasteiger partial charge in [-0.3, -0.25) is 9.69 Å². The molecule has 23 heavy (non-hydrogen) atoms. The van der Waals surface area contributed by atoms with Gasteiger partial charge in [-0.05, 0) is 54.5 Å². The molecule has 0 bridgehead atoms. The molecule has 1 saturated heterocycles. The molecule has 1 amide bonds. The first-order valence-electron chi connectivity index (χ1n) is 8.03. The maximum Gasteiger partial charge on any atom is 0.416 e. The minimum absolute atomic E-state index is 0.0385. The number of piperidine rings is 1. The van der Waals surface area contributed by atoms with Crippen molar-refractivity contribution in [2.75, 3.05) is 20.1 Å². The van der Waals surface area contributed by atoms with E-state index >= 15 is 0 Å². The molecule has 3 aliphatic rings. The van der Waals surface area contributed by atoms with Crippen LogP contribution in [0.4, 0.5) is 13.2 Å². The highest BCUT2D eigenvalue weighted by molar-refractivity contribution is 5.98. The number of alkyl halides is 3. The first-order valence-corrected chi connectivity index (χ1v) is 8.03. The van der Waals surface area contributed by atoms with Crippen LogP contribution in [-0.4, -0.2) is 35.8 Å². The number of carbonyl (C=O) groups excluding carboxylic acids is 1. The van der Waals surface area contributed by atoms with Crippen LogP contribution in [0.2, 0.25) is 0 Å². The number of likely N-dealkylation sites (tertiary alicyclic amines) is 1. The molecule has 124 valence electrons. The van der Waals surface area contributed by atoms with E-state index in [1.54, 1.807) is 13.1 Å². The van der Waals surface area contributed by atoms with Gasteiger partial charge >= 0.3 is 6.18 Å². The highest BCUT2D eigenvalue weighted by atomic mass is 19.4. The van der Waals surface area contributed by atoms with Crippen molar-refractivity contribution in [1.29, 1.82) is 0 Å². The lowest BCUT2D eigenvalue weighted by Crippen LogP contribution is -2.31. The van der Waals surface area contributed by atoms with E-state index in [9.17, 15) is 18.0 Å². The van der Waals surface area contributed by atoms with Gasteiger partial charge in [-0.25, -0.2) is 0 Å². The smallest absolute Gasteiger partial charge is 0.337 e. The van der Waals surface area contributed by atoms with Crippen LogP contribution in [-0.2, 0) is 19.3 Å². The van der Waals surface area contributed by atoms with Crippen molar-refractivity contribution >= 4 is 5.91 Å². The Kier molecular flexibility index (Phi) is 3.24. The van der Waals surface area contributed by atoms with Crippen molar-refractivity contribution in [3.05, 3.63) is 34.4 Å². The molecule has 6 heteroatoms. The van der Waals surface area contributed by atoms with Crippen molar-refractivity contribution in [3.8, 4) is 0 Å². The number of nitrogens with zero attached hydrogens (tertiary/aromatic N) is 2. The van der Waals surface area contributed by atoms with Gasteiger partial charge in [0.15, 0.2) is 0 Å². The molecule has 2 heterocycles. The molecule has 0 spiro atoms. The number of hydrogen-bond donors (Lipinski definition) is 0. The summed E-state index contributed by atoms with van der Waals surface area (Å²) in [7, 11) is 1.54. The molecule has 0 aromatic heterocycles. The van der Waals surface area contributed by atoms with E-state index in [-0.39, 0.29) is 23.6 Å².